The molecule has 0 aromatic carbocycles. The fourth-order valence-electron chi connectivity index (χ4n) is 1.22. The molecule has 0 aliphatic heterocycles. The first-order valence-corrected chi connectivity index (χ1v) is 5.22. The second kappa shape index (κ2) is 4.15. The molecule has 0 bridgehead atoms. The summed E-state index contributed by atoms with van der Waals surface area (Å²) in [6.45, 7) is 5.39. The van der Waals surface area contributed by atoms with Crippen LogP contribution in [0.15, 0.2) is 12.2 Å². The quantitative estimate of drug-likeness (QED) is 0.707. The lowest BCUT2D eigenvalue weighted by Crippen LogP contribution is -2.39. The number of hydrogen-bond acceptors (Lipinski definition) is 3. The molecule has 1 rings (SSSR count). The molecule has 0 unspecified atom stereocenters. The Bertz CT molecular complexity index is 325. The number of hydrogen-bond donors (Lipinski definition) is 2. The van der Waals surface area contributed by atoms with E-state index in [1.54, 1.807) is 26.8 Å². The minimum atomic E-state index is -0.520. The molecule has 5 nitrogen and oxygen atoms in total. The Morgan fingerprint density at radius 1 is 1.38 bits per heavy atom. The van der Waals surface area contributed by atoms with Gasteiger partial charge in [-0.3, -0.25) is 4.79 Å². The van der Waals surface area contributed by atoms with E-state index in [1.807, 2.05) is 0 Å². The van der Waals surface area contributed by atoms with E-state index in [4.69, 9.17) is 10.5 Å². The molecule has 0 radical (unpaired) electrons. The van der Waals surface area contributed by atoms with E-state index in [0.717, 1.165) is 12.8 Å². The van der Waals surface area contributed by atoms with Gasteiger partial charge in [0.15, 0.2) is 0 Å². The van der Waals surface area contributed by atoms with E-state index in [2.05, 4.69) is 5.32 Å². The number of primary amides is 1. The molecule has 1 aliphatic carbocycles. The van der Waals surface area contributed by atoms with Gasteiger partial charge in [-0.05, 0) is 33.6 Å². The van der Waals surface area contributed by atoms with Gasteiger partial charge in [-0.25, -0.2) is 4.79 Å². The molecule has 1 fully saturated rings. The second-order valence-corrected chi connectivity index (χ2v) is 5.02. The van der Waals surface area contributed by atoms with Crippen LogP contribution in [-0.4, -0.2) is 23.1 Å². The van der Waals surface area contributed by atoms with Crippen molar-refractivity contribution in [2.45, 2.75) is 44.8 Å². The van der Waals surface area contributed by atoms with E-state index in [-0.39, 0.29) is 0 Å². The van der Waals surface area contributed by atoms with Gasteiger partial charge in [0, 0.05) is 6.08 Å². The van der Waals surface area contributed by atoms with Gasteiger partial charge < -0.3 is 15.8 Å². The second-order valence-electron chi connectivity index (χ2n) is 5.02. The number of nitrogens with one attached hydrogen (secondary N) is 1. The van der Waals surface area contributed by atoms with Crippen LogP contribution in [0.5, 0.6) is 0 Å². The molecular weight excluding hydrogens is 208 g/mol. The molecule has 0 atom stereocenters. The third-order valence-electron chi connectivity index (χ3n) is 2.11. The summed E-state index contributed by atoms with van der Waals surface area (Å²) in [6.07, 6.45) is 4.02. The molecule has 2 amide bonds. The van der Waals surface area contributed by atoms with Crippen molar-refractivity contribution >= 4 is 12.0 Å². The lowest BCUT2D eigenvalue weighted by molar-refractivity contribution is -0.113. The van der Waals surface area contributed by atoms with Crippen LogP contribution in [0.1, 0.15) is 33.6 Å². The fraction of sp³-hybridized carbons (Fsp3) is 0.636. The first-order chi connectivity index (χ1) is 7.22. The number of carbonyl (C=O) groups is 2. The zero-order valence-corrected chi connectivity index (χ0v) is 9.87. The van der Waals surface area contributed by atoms with Crippen LogP contribution in [0.2, 0.25) is 0 Å². The largest absolute Gasteiger partial charge is 0.444 e. The first kappa shape index (κ1) is 12.5. The van der Waals surface area contributed by atoms with Crippen molar-refractivity contribution in [3.63, 3.8) is 0 Å². The van der Waals surface area contributed by atoms with Gasteiger partial charge in [-0.2, -0.15) is 0 Å². The number of ether oxygens (including phenoxy) is 1. The van der Waals surface area contributed by atoms with Crippen molar-refractivity contribution in [2.24, 2.45) is 5.73 Å². The highest BCUT2D eigenvalue weighted by molar-refractivity contribution is 5.86. The predicted molar refractivity (Wildman–Crippen MR) is 59.7 cm³/mol. The Morgan fingerprint density at radius 3 is 2.31 bits per heavy atom. The van der Waals surface area contributed by atoms with Crippen molar-refractivity contribution in [1.82, 2.24) is 5.32 Å². The van der Waals surface area contributed by atoms with Crippen LogP contribution < -0.4 is 11.1 Å². The third-order valence-corrected chi connectivity index (χ3v) is 2.11. The summed E-state index contributed by atoms with van der Waals surface area (Å²) in [5, 5.41) is 2.72. The van der Waals surface area contributed by atoms with Crippen LogP contribution in [0, 0.1) is 0 Å². The molecule has 1 aliphatic rings. The average molecular weight is 226 g/mol. The summed E-state index contributed by atoms with van der Waals surface area (Å²) in [4.78, 5) is 22.1. The van der Waals surface area contributed by atoms with E-state index < -0.39 is 23.1 Å². The maximum Gasteiger partial charge on any atom is 0.408 e. The van der Waals surface area contributed by atoms with Gasteiger partial charge in [0.2, 0.25) is 5.91 Å². The average Bonchev–Trinajstić information content (AvgIpc) is 2.78. The summed E-state index contributed by atoms with van der Waals surface area (Å²) in [5.41, 5.74) is 4.04. The molecule has 1 saturated carbocycles. The minimum Gasteiger partial charge on any atom is -0.444 e. The van der Waals surface area contributed by atoms with Crippen molar-refractivity contribution in [3.8, 4) is 0 Å². The number of alkyl carbamates (subject to hydrolysis) is 1. The highest BCUT2D eigenvalue weighted by atomic mass is 16.6. The third kappa shape index (κ3) is 4.33. The molecule has 3 N–H and O–H groups in total. The molecule has 90 valence electrons. The Kier molecular flexibility index (Phi) is 3.26. The Hall–Kier alpha value is -1.52. The molecule has 0 saturated heterocycles. The van der Waals surface area contributed by atoms with E-state index in [9.17, 15) is 9.59 Å². The smallest absolute Gasteiger partial charge is 0.408 e. The maximum absolute atomic E-state index is 11.5. The molecule has 5 heteroatoms. The summed E-state index contributed by atoms with van der Waals surface area (Å²) in [5.74, 6) is -0.516. The summed E-state index contributed by atoms with van der Waals surface area (Å²) < 4.78 is 5.12. The van der Waals surface area contributed by atoms with E-state index in [1.165, 1.54) is 6.08 Å². The van der Waals surface area contributed by atoms with Crippen LogP contribution in [0.25, 0.3) is 0 Å². The van der Waals surface area contributed by atoms with Crippen LogP contribution >= 0.6 is 0 Å². The van der Waals surface area contributed by atoms with Gasteiger partial charge in [0.1, 0.15) is 5.60 Å². The zero-order valence-electron chi connectivity index (χ0n) is 9.87. The normalized spacial score (nSPS) is 18.2. The lowest BCUT2D eigenvalue weighted by Gasteiger charge is -2.22. The lowest BCUT2D eigenvalue weighted by atomic mass is 10.2. The molecule has 16 heavy (non-hydrogen) atoms. The van der Waals surface area contributed by atoms with Crippen molar-refractivity contribution in [2.75, 3.05) is 0 Å². The van der Waals surface area contributed by atoms with Crippen molar-refractivity contribution in [3.05, 3.63) is 12.2 Å². The summed E-state index contributed by atoms with van der Waals surface area (Å²) >= 11 is 0. The van der Waals surface area contributed by atoms with E-state index in [0.29, 0.717) is 0 Å². The number of amides is 2. The molecule has 0 heterocycles. The van der Waals surface area contributed by atoms with Gasteiger partial charge in [0.05, 0.1) is 5.54 Å². The predicted octanol–water partition coefficient (Wildman–Crippen LogP) is 1.09. The van der Waals surface area contributed by atoms with Gasteiger partial charge in [0.25, 0.3) is 0 Å². The number of carbonyl (C=O) groups excluding carboxylic acids is 2. The fourth-order valence-corrected chi connectivity index (χ4v) is 1.22. The Morgan fingerprint density at radius 2 is 1.94 bits per heavy atom. The molecule has 0 spiro atoms. The number of rotatable bonds is 3. The maximum atomic E-state index is 11.5. The van der Waals surface area contributed by atoms with Gasteiger partial charge in [-0.1, -0.05) is 6.08 Å². The highest BCUT2D eigenvalue weighted by Crippen LogP contribution is 2.36. The summed E-state index contributed by atoms with van der Waals surface area (Å²) in [7, 11) is 0. The van der Waals surface area contributed by atoms with E-state index >= 15 is 0 Å². The van der Waals surface area contributed by atoms with Crippen LogP contribution in [0.4, 0.5) is 4.79 Å². The standard InChI is InChI=1S/C11H18N2O3/c1-10(2,3)16-9(15)13-11(6-7-11)5-4-8(12)14/h4-5H,6-7H2,1-3H3,(H2,12,14)(H,13,15)/b5-4+. The monoisotopic (exact) mass is 226 g/mol. The van der Waals surface area contributed by atoms with Gasteiger partial charge in [-0.15, -0.1) is 0 Å². The van der Waals surface area contributed by atoms with Gasteiger partial charge >= 0.3 is 6.09 Å². The molecular formula is C11H18N2O3. The Balaban J connectivity index is 2.48. The molecule has 0 aromatic heterocycles. The summed E-state index contributed by atoms with van der Waals surface area (Å²) in [6, 6.07) is 0. The van der Waals surface area contributed by atoms with Crippen LogP contribution in [0.3, 0.4) is 0 Å². The topological polar surface area (TPSA) is 81.4 Å². The first-order valence-electron chi connectivity index (χ1n) is 5.22. The SMILES string of the molecule is CC(C)(C)OC(=O)NC1(/C=C/C(N)=O)CC1. The molecule has 0 aromatic rings. The van der Waals surface area contributed by atoms with Crippen molar-refractivity contribution < 1.29 is 14.3 Å². The Labute approximate surface area is 95.0 Å². The number of nitrogens with two attached hydrogens (primary N) is 1. The van der Waals surface area contributed by atoms with Crippen molar-refractivity contribution in [1.29, 1.82) is 0 Å². The minimum absolute atomic E-state index is 0.433. The van der Waals surface area contributed by atoms with Crippen LogP contribution in [-0.2, 0) is 9.53 Å². The zero-order chi connectivity index (χ0) is 12.4. The highest BCUT2D eigenvalue weighted by Gasteiger charge is 2.42.